The Morgan fingerprint density at radius 1 is 0.708 bits per heavy atom. The van der Waals surface area contributed by atoms with E-state index in [2.05, 4.69) is 15.5 Å². The van der Waals surface area contributed by atoms with E-state index in [0.29, 0.717) is 5.82 Å². The zero-order valence-corrected chi connectivity index (χ0v) is 12.8. The molecular formula is C20H15N3O. The van der Waals surface area contributed by atoms with Gasteiger partial charge in [-0.1, -0.05) is 60.7 Å². The summed E-state index contributed by atoms with van der Waals surface area (Å²) in [5.74, 6) is 0.869. The van der Waals surface area contributed by atoms with Crippen LogP contribution in [0, 0.1) is 0 Å². The molecule has 0 unspecified atom stereocenters. The van der Waals surface area contributed by atoms with Gasteiger partial charge < -0.3 is 10.4 Å². The van der Waals surface area contributed by atoms with E-state index in [-0.39, 0.29) is 5.75 Å². The van der Waals surface area contributed by atoms with Crippen molar-refractivity contribution in [3.05, 3.63) is 78.9 Å². The molecule has 3 aromatic carbocycles. The Hall–Kier alpha value is -3.40. The van der Waals surface area contributed by atoms with Crippen molar-refractivity contribution in [2.75, 3.05) is 5.32 Å². The van der Waals surface area contributed by atoms with E-state index < -0.39 is 0 Å². The lowest BCUT2D eigenvalue weighted by Crippen LogP contribution is -1.99. The van der Waals surface area contributed by atoms with Gasteiger partial charge in [0.25, 0.3) is 0 Å². The zero-order valence-electron chi connectivity index (χ0n) is 12.8. The molecule has 116 valence electrons. The van der Waals surface area contributed by atoms with Gasteiger partial charge >= 0.3 is 0 Å². The lowest BCUT2D eigenvalue weighted by atomic mass is 10.0. The molecule has 0 radical (unpaired) electrons. The molecule has 1 heterocycles. The van der Waals surface area contributed by atoms with Gasteiger partial charge in [0.15, 0.2) is 5.82 Å². The fourth-order valence-corrected chi connectivity index (χ4v) is 2.73. The first-order valence-electron chi connectivity index (χ1n) is 7.68. The van der Waals surface area contributed by atoms with Crippen molar-refractivity contribution in [2.45, 2.75) is 0 Å². The molecule has 4 aromatic rings. The minimum absolute atomic E-state index is 0.207. The molecule has 4 nitrogen and oxygen atoms in total. The minimum Gasteiger partial charge on any atom is -0.508 e. The highest BCUT2D eigenvalue weighted by Crippen LogP contribution is 2.31. The fourth-order valence-electron chi connectivity index (χ4n) is 2.73. The van der Waals surface area contributed by atoms with Crippen molar-refractivity contribution in [2.24, 2.45) is 0 Å². The van der Waals surface area contributed by atoms with Crippen LogP contribution in [-0.4, -0.2) is 15.3 Å². The Morgan fingerprint density at radius 2 is 1.46 bits per heavy atom. The Labute approximate surface area is 139 Å². The number of aromatic hydroxyl groups is 1. The van der Waals surface area contributed by atoms with Crippen LogP contribution >= 0.6 is 0 Å². The summed E-state index contributed by atoms with van der Waals surface area (Å²) in [6.45, 7) is 0. The molecule has 2 N–H and O–H groups in total. The Morgan fingerprint density at radius 3 is 2.25 bits per heavy atom. The van der Waals surface area contributed by atoms with Crippen LogP contribution in [0.2, 0.25) is 0 Å². The first-order valence-corrected chi connectivity index (χ1v) is 7.68. The molecule has 4 rings (SSSR count). The third-order valence-electron chi connectivity index (χ3n) is 3.84. The van der Waals surface area contributed by atoms with Gasteiger partial charge in [0, 0.05) is 28.1 Å². The number of hydrogen-bond acceptors (Lipinski definition) is 4. The van der Waals surface area contributed by atoms with E-state index in [1.807, 2.05) is 60.7 Å². The molecule has 0 bridgehead atoms. The molecule has 0 saturated heterocycles. The molecule has 1 aromatic heterocycles. The topological polar surface area (TPSA) is 58.0 Å². The first-order chi connectivity index (χ1) is 11.8. The second-order valence-electron chi connectivity index (χ2n) is 5.48. The van der Waals surface area contributed by atoms with Gasteiger partial charge in [-0.15, -0.1) is 10.2 Å². The number of rotatable bonds is 3. The van der Waals surface area contributed by atoms with Gasteiger partial charge in [0.05, 0.1) is 0 Å². The summed E-state index contributed by atoms with van der Waals surface area (Å²) in [6, 6.07) is 25.0. The molecule has 0 aliphatic heterocycles. The quantitative estimate of drug-likeness (QED) is 0.573. The second-order valence-corrected chi connectivity index (χ2v) is 5.48. The van der Waals surface area contributed by atoms with Gasteiger partial charge in [-0.2, -0.15) is 0 Å². The number of benzene rings is 3. The summed E-state index contributed by atoms with van der Waals surface area (Å²) in [7, 11) is 0. The highest BCUT2D eigenvalue weighted by molar-refractivity contribution is 6.00. The maximum absolute atomic E-state index is 9.62. The third-order valence-corrected chi connectivity index (χ3v) is 3.84. The van der Waals surface area contributed by atoms with Crippen LogP contribution in [0.1, 0.15) is 0 Å². The van der Waals surface area contributed by atoms with Crippen LogP contribution in [0.5, 0.6) is 5.75 Å². The Bertz CT molecular complexity index is 1000. The Balaban J connectivity index is 1.84. The van der Waals surface area contributed by atoms with E-state index in [1.165, 1.54) is 0 Å². The predicted molar refractivity (Wildman–Crippen MR) is 96.4 cm³/mol. The number of nitrogens with one attached hydrogen (secondary N) is 1. The van der Waals surface area contributed by atoms with Crippen molar-refractivity contribution in [1.29, 1.82) is 0 Å². The lowest BCUT2D eigenvalue weighted by Gasteiger charge is -2.11. The van der Waals surface area contributed by atoms with Gasteiger partial charge in [-0.05, 0) is 12.1 Å². The molecule has 0 aliphatic rings. The lowest BCUT2D eigenvalue weighted by molar-refractivity contribution is 0.475. The first kappa shape index (κ1) is 14.2. The molecule has 4 heteroatoms. The van der Waals surface area contributed by atoms with Crippen LogP contribution in [0.3, 0.4) is 0 Å². The van der Waals surface area contributed by atoms with Gasteiger partial charge in [0.1, 0.15) is 11.4 Å². The largest absolute Gasteiger partial charge is 0.508 e. The standard InChI is InChI=1S/C20H15N3O/c24-16-10-6-9-15(13-16)21-20-18-12-5-4-11-17(18)19(22-23-20)14-7-2-1-3-8-14/h1-13,24H,(H,21,23). The number of hydrogen-bond donors (Lipinski definition) is 2. The third kappa shape index (κ3) is 2.65. The van der Waals surface area contributed by atoms with Crippen molar-refractivity contribution < 1.29 is 5.11 Å². The van der Waals surface area contributed by atoms with Crippen molar-refractivity contribution in [1.82, 2.24) is 10.2 Å². The molecule has 0 saturated carbocycles. The van der Waals surface area contributed by atoms with Gasteiger partial charge in [-0.25, -0.2) is 0 Å². The average Bonchev–Trinajstić information content (AvgIpc) is 2.63. The molecule has 0 amide bonds. The zero-order chi connectivity index (χ0) is 16.4. The highest BCUT2D eigenvalue weighted by atomic mass is 16.3. The molecular weight excluding hydrogens is 298 g/mol. The molecule has 0 spiro atoms. The molecule has 24 heavy (non-hydrogen) atoms. The van der Waals surface area contributed by atoms with Gasteiger partial charge in [-0.3, -0.25) is 0 Å². The summed E-state index contributed by atoms with van der Waals surface area (Å²) in [5, 5.41) is 23.7. The smallest absolute Gasteiger partial charge is 0.161 e. The van der Waals surface area contributed by atoms with E-state index >= 15 is 0 Å². The maximum atomic E-state index is 9.62. The summed E-state index contributed by atoms with van der Waals surface area (Å²) >= 11 is 0. The second kappa shape index (κ2) is 6.01. The van der Waals surface area contributed by atoms with E-state index in [0.717, 1.165) is 27.7 Å². The number of nitrogens with zero attached hydrogens (tertiary/aromatic N) is 2. The van der Waals surface area contributed by atoms with E-state index in [1.54, 1.807) is 18.2 Å². The fraction of sp³-hybridized carbons (Fsp3) is 0. The SMILES string of the molecule is Oc1cccc(Nc2nnc(-c3ccccc3)c3ccccc23)c1. The minimum atomic E-state index is 0.207. The number of phenolic OH excluding ortho intramolecular Hbond substituents is 1. The Kier molecular flexibility index (Phi) is 3.56. The van der Waals surface area contributed by atoms with Crippen molar-refractivity contribution in [3.63, 3.8) is 0 Å². The predicted octanol–water partition coefficient (Wildman–Crippen LogP) is 4.75. The van der Waals surface area contributed by atoms with Crippen molar-refractivity contribution >= 4 is 22.3 Å². The van der Waals surface area contributed by atoms with Crippen LogP contribution in [0.25, 0.3) is 22.0 Å². The van der Waals surface area contributed by atoms with Crippen LogP contribution < -0.4 is 5.32 Å². The molecule has 0 atom stereocenters. The molecule has 0 fully saturated rings. The summed E-state index contributed by atoms with van der Waals surface area (Å²) in [6.07, 6.45) is 0. The average molecular weight is 313 g/mol. The van der Waals surface area contributed by atoms with E-state index in [4.69, 9.17) is 0 Å². The highest BCUT2D eigenvalue weighted by Gasteiger charge is 2.10. The normalized spacial score (nSPS) is 10.7. The summed E-state index contributed by atoms with van der Waals surface area (Å²) < 4.78 is 0. The van der Waals surface area contributed by atoms with Crippen LogP contribution in [0.4, 0.5) is 11.5 Å². The summed E-state index contributed by atoms with van der Waals surface area (Å²) in [5.41, 5.74) is 2.65. The van der Waals surface area contributed by atoms with Crippen LogP contribution in [0.15, 0.2) is 78.9 Å². The molecule has 0 aliphatic carbocycles. The monoisotopic (exact) mass is 313 g/mol. The number of fused-ring (bicyclic) bond motifs is 1. The number of anilines is 2. The number of phenols is 1. The van der Waals surface area contributed by atoms with E-state index in [9.17, 15) is 5.11 Å². The van der Waals surface area contributed by atoms with Gasteiger partial charge in [0.2, 0.25) is 0 Å². The van der Waals surface area contributed by atoms with Crippen molar-refractivity contribution in [3.8, 4) is 17.0 Å². The van der Waals surface area contributed by atoms with Crippen LogP contribution in [-0.2, 0) is 0 Å². The summed E-state index contributed by atoms with van der Waals surface area (Å²) in [4.78, 5) is 0. The maximum Gasteiger partial charge on any atom is 0.161 e. The number of aromatic nitrogens is 2.